The van der Waals surface area contributed by atoms with Crippen molar-refractivity contribution in [3.05, 3.63) is 24.3 Å². The molecule has 162 valence electrons. The van der Waals surface area contributed by atoms with Gasteiger partial charge in [-0.1, -0.05) is 0 Å². The Bertz CT molecular complexity index is 671. The van der Waals surface area contributed by atoms with Gasteiger partial charge in [-0.25, -0.2) is 0 Å². The van der Waals surface area contributed by atoms with E-state index in [4.69, 9.17) is 4.74 Å². The van der Waals surface area contributed by atoms with E-state index in [1.165, 1.54) is 5.69 Å². The minimum atomic E-state index is -0.697. The molecule has 2 aliphatic rings. The molecule has 1 N–H and O–H groups in total. The smallest absolute Gasteiger partial charge is 0.227 e. The van der Waals surface area contributed by atoms with Crippen molar-refractivity contribution in [2.24, 2.45) is 5.92 Å². The first-order chi connectivity index (χ1) is 13.8. The molecule has 0 spiro atoms. The number of carbonyl (C=O) groups is 1. The van der Waals surface area contributed by atoms with Gasteiger partial charge in [0.25, 0.3) is 0 Å². The van der Waals surface area contributed by atoms with Gasteiger partial charge < -0.3 is 24.5 Å². The van der Waals surface area contributed by atoms with E-state index in [9.17, 15) is 9.90 Å². The zero-order chi connectivity index (χ0) is 21.0. The fourth-order valence-electron chi connectivity index (χ4n) is 4.45. The van der Waals surface area contributed by atoms with Crippen molar-refractivity contribution in [3.8, 4) is 5.75 Å². The highest BCUT2D eigenvalue weighted by molar-refractivity contribution is 5.78. The highest BCUT2D eigenvalue weighted by Gasteiger charge is 2.36. The lowest BCUT2D eigenvalue weighted by Crippen LogP contribution is -2.52. The van der Waals surface area contributed by atoms with Crippen LogP contribution in [0.1, 0.15) is 12.8 Å². The minimum absolute atomic E-state index is 0.0412. The van der Waals surface area contributed by atoms with Crippen LogP contribution in [0.15, 0.2) is 24.3 Å². The van der Waals surface area contributed by atoms with Gasteiger partial charge in [0.05, 0.1) is 18.6 Å². The van der Waals surface area contributed by atoms with Crippen molar-refractivity contribution in [1.29, 1.82) is 0 Å². The summed E-state index contributed by atoms with van der Waals surface area (Å²) in [5.74, 6) is 0.987. The third-order valence-corrected chi connectivity index (χ3v) is 6.25. The number of rotatable bonds is 5. The average molecular weight is 405 g/mol. The standard InChI is InChI=1S/C22H36N4O3/c1-23(2)21(27)18-15-24(3)13-14-25(16-18)17-22(28)9-11-26(12-10-22)19-5-7-20(29-4)8-6-19/h5-8,18,28H,9-17H2,1-4H3. The molecule has 2 saturated heterocycles. The summed E-state index contributed by atoms with van der Waals surface area (Å²) in [6, 6.07) is 8.11. The average Bonchev–Trinajstić information content (AvgIpc) is 2.89. The van der Waals surface area contributed by atoms with Crippen molar-refractivity contribution in [2.75, 3.05) is 79.0 Å². The number of ether oxygens (including phenoxy) is 1. The summed E-state index contributed by atoms with van der Waals surface area (Å²) in [7, 11) is 7.38. The van der Waals surface area contributed by atoms with E-state index in [1.807, 2.05) is 26.2 Å². The van der Waals surface area contributed by atoms with Crippen LogP contribution in [0.5, 0.6) is 5.75 Å². The molecule has 29 heavy (non-hydrogen) atoms. The number of likely N-dealkylation sites (N-methyl/N-ethyl adjacent to an activating group) is 1. The zero-order valence-corrected chi connectivity index (χ0v) is 18.3. The molecule has 0 aliphatic carbocycles. The van der Waals surface area contributed by atoms with Gasteiger partial charge in [-0.05, 0) is 44.2 Å². The lowest BCUT2D eigenvalue weighted by Gasteiger charge is -2.42. The highest BCUT2D eigenvalue weighted by Crippen LogP contribution is 2.29. The molecule has 0 bridgehead atoms. The van der Waals surface area contributed by atoms with Crippen molar-refractivity contribution in [1.82, 2.24) is 14.7 Å². The first-order valence-corrected chi connectivity index (χ1v) is 10.5. The number of benzene rings is 1. The molecule has 0 saturated carbocycles. The maximum absolute atomic E-state index is 12.6. The van der Waals surface area contributed by atoms with Gasteiger partial charge in [0.15, 0.2) is 0 Å². The SMILES string of the molecule is COc1ccc(N2CCC(O)(CN3CCN(C)CC(C(=O)N(C)C)C3)CC2)cc1. The Hall–Kier alpha value is -1.83. The number of nitrogens with zero attached hydrogens (tertiary/aromatic N) is 4. The second-order valence-electron chi connectivity index (χ2n) is 8.84. The molecule has 2 fully saturated rings. The summed E-state index contributed by atoms with van der Waals surface area (Å²) in [5, 5.41) is 11.3. The molecule has 2 heterocycles. The molecule has 7 nitrogen and oxygen atoms in total. The van der Waals surface area contributed by atoms with Crippen LogP contribution in [0.4, 0.5) is 5.69 Å². The number of methoxy groups -OCH3 is 1. The van der Waals surface area contributed by atoms with Crippen LogP contribution >= 0.6 is 0 Å². The Labute approximate surface area is 174 Å². The first kappa shape index (κ1) is 21.9. The van der Waals surface area contributed by atoms with Gasteiger partial charge in [0.1, 0.15) is 5.75 Å². The summed E-state index contributed by atoms with van der Waals surface area (Å²) >= 11 is 0. The summed E-state index contributed by atoms with van der Waals surface area (Å²) in [6.07, 6.45) is 1.47. The minimum Gasteiger partial charge on any atom is -0.497 e. The number of anilines is 1. The topological polar surface area (TPSA) is 59.5 Å². The number of carbonyl (C=O) groups excluding carboxylic acids is 1. The molecular weight excluding hydrogens is 368 g/mol. The van der Waals surface area contributed by atoms with Gasteiger partial charge in [-0.15, -0.1) is 0 Å². The van der Waals surface area contributed by atoms with E-state index < -0.39 is 5.60 Å². The number of amides is 1. The van der Waals surface area contributed by atoms with Crippen molar-refractivity contribution >= 4 is 11.6 Å². The summed E-state index contributed by atoms with van der Waals surface area (Å²) < 4.78 is 5.24. The summed E-state index contributed by atoms with van der Waals surface area (Å²) in [4.78, 5) is 21.1. The Kier molecular flexibility index (Phi) is 7.03. The van der Waals surface area contributed by atoms with E-state index in [1.54, 1.807) is 12.0 Å². The van der Waals surface area contributed by atoms with E-state index in [0.717, 1.165) is 51.3 Å². The van der Waals surface area contributed by atoms with Crippen LogP contribution in [-0.4, -0.2) is 105 Å². The van der Waals surface area contributed by atoms with Crippen molar-refractivity contribution < 1.29 is 14.6 Å². The predicted octanol–water partition coefficient (Wildman–Crippen LogP) is 0.978. The van der Waals surface area contributed by atoms with Crippen molar-refractivity contribution in [3.63, 3.8) is 0 Å². The van der Waals surface area contributed by atoms with Crippen LogP contribution in [0, 0.1) is 5.92 Å². The van der Waals surface area contributed by atoms with Crippen LogP contribution in [0.25, 0.3) is 0 Å². The van der Waals surface area contributed by atoms with Gasteiger partial charge >= 0.3 is 0 Å². The lowest BCUT2D eigenvalue weighted by molar-refractivity contribution is -0.134. The quantitative estimate of drug-likeness (QED) is 0.790. The third kappa shape index (κ3) is 5.62. The number of hydrogen-bond donors (Lipinski definition) is 1. The summed E-state index contributed by atoms with van der Waals surface area (Å²) in [5.41, 5.74) is 0.471. The predicted molar refractivity (Wildman–Crippen MR) is 116 cm³/mol. The van der Waals surface area contributed by atoms with Crippen LogP contribution in [0.3, 0.4) is 0 Å². The third-order valence-electron chi connectivity index (χ3n) is 6.25. The van der Waals surface area contributed by atoms with Crippen LogP contribution < -0.4 is 9.64 Å². The largest absolute Gasteiger partial charge is 0.497 e. The molecular formula is C22H36N4O3. The molecule has 3 rings (SSSR count). The van der Waals surface area contributed by atoms with Crippen molar-refractivity contribution in [2.45, 2.75) is 18.4 Å². The van der Waals surface area contributed by atoms with Crippen LogP contribution in [-0.2, 0) is 4.79 Å². The van der Waals surface area contributed by atoms with E-state index in [0.29, 0.717) is 13.1 Å². The first-order valence-electron chi connectivity index (χ1n) is 10.5. The Morgan fingerprint density at radius 2 is 1.79 bits per heavy atom. The molecule has 0 radical (unpaired) electrons. The Morgan fingerprint density at radius 3 is 2.38 bits per heavy atom. The normalized spacial score (nSPS) is 23.5. The fourth-order valence-corrected chi connectivity index (χ4v) is 4.45. The van der Waals surface area contributed by atoms with Gasteiger partial charge in [-0.2, -0.15) is 0 Å². The number of piperidine rings is 1. The molecule has 1 unspecified atom stereocenters. The molecule has 1 aromatic rings. The molecule has 1 aromatic carbocycles. The maximum atomic E-state index is 12.6. The van der Waals surface area contributed by atoms with E-state index in [2.05, 4.69) is 33.9 Å². The molecule has 7 heteroatoms. The number of hydrogen-bond acceptors (Lipinski definition) is 6. The fraction of sp³-hybridized carbons (Fsp3) is 0.682. The van der Waals surface area contributed by atoms with E-state index >= 15 is 0 Å². The number of β-amino-alcohol motifs (C(OH)–C–C–N with tert-alkyl or cyclic N) is 1. The molecule has 0 aromatic heterocycles. The lowest BCUT2D eigenvalue weighted by atomic mass is 9.90. The highest BCUT2D eigenvalue weighted by atomic mass is 16.5. The molecule has 1 amide bonds. The van der Waals surface area contributed by atoms with E-state index in [-0.39, 0.29) is 11.8 Å². The summed E-state index contributed by atoms with van der Waals surface area (Å²) in [6.45, 7) is 5.59. The second kappa shape index (κ2) is 9.32. The van der Waals surface area contributed by atoms with Gasteiger partial charge in [0, 0.05) is 65.6 Å². The zero-order valence-electron chi connectivity index (χ0n) is 18.3. The molecule has 2 aliphatic heterocycles. The maximum Gasteiger partial charge on any atom is 0.227 e. The molecule has 1 atom stereocenters. The van der Waals surface area contributed by atoms with Crippen LogP contribution in [0.2, 0.25) is 0 Å². The Balaban J connectivity index is 1.58. The van der Waals surface area contributed by atoms with Gasteiger partial charge in [0.2, 0.25) is 5.91 Å². The van der Waals surface area contributed by atoms with Gasteiger partial charge in [-0.3, -0.25) is 9.69 Å². The monoisotopic (exact) mass is 404 g/mol. The number of aliphatic hydroxyl groups is 1. The Morgan fingerprint density at radius 1 is 1.14 bits per heavy atom. The second-order valence-corrected chi connectivity index (χ2v) is 8.84.